The molecule has 0 radical (unpaired) electrons. The molecule has 0 aliphatic carbocycles. The van der Waals surface area contributed by atoms with Crippen LogP contribution < -0.4 is 0 Å². The van der Waals surface area contributed by atoms with Crippen molar-refractivity contribution in [3.05, 3.63) is 0 Å². The Balaban J connectivity index is 1.97. The molecule has 0 aliphatic heterocycles. The van der Waals surface area contributed by atoms with E-state index in [1.54, 1.807) is 0 Å². The van der Waals surface area contributed by atoms with Gasteiger partial charge >= 0.3 is 0 Å². The largest absolute Gasteiger partial charge is 0.436 e. The quantitative estimate of drug-likeness (QED) is 0.357. The molecule has 26 valence electrons. The average Bonchev–Trinajstić information content (AvgIpc) is 1.37. The highest BCUT2D eigenvalue weighted by atomic mass is 28.2. The lowest BCUT2D eigenvalue weighted by Crippen LogP contribution is -1.91. The van der Waals surface area contributed by atoms with Crippen molar-refractivity contribution in [2.45, 2.75) is 0 Å². The summed E-state index contributed by atoms with van der Waals surface area (Å²) >= 11 is 0. The van der Waals surface area contributed by atoms with Gasteiger partial charge in [0.2, 0.25) is 0 Å². The maximum Gasteiger partial charge on any atom is 0.181 e. The fourth-order valence-electron chi connectivity index (χ4n) is 0. The summed E-state index contributed by atoms with van der Waals surface area (Å²) in [6.07, 6.45) is 0.0139. The molecule has 0 bridgehead atoms. The first-order valence-corrected chi connectivity index (χ1v) is 2.76. The summed E-state index contributed by atoms with van der Waals surface area (Å²) < 4.78 is 0. The molecule has 0 aromatic carbocycles. The van der Waals surface area contributed by atoms with Gasteiger partial charge in [-0.05, 0) is 0 Å². The standard InChI is InChI=1S/CH6O2Si/c2-1-4-3/h2-3H,1,4H2. The number of aliphatic hydroxyl groups excluding tert-OH is 1. The van der Waals surface area contributed by atoms with Crippen molar-refractivity contribution in [2.75, 3.05) is 6.23 Å². The number of aliphatic hydroxyl groups is 1. The van der Waals surface area contributed by atoms with E-state index >= 15 is 0 Å². The van der Waals surface area contributed by atoms with E-state index in [9.17, 15) is 0 Å². The molecule has 2 nitrogen and oxygen atoms in total. The molecule has 0 spiro atoms. The van der Waals surface area contributed by atoms with Crippen molar-refractivity contribution in [3.63, 3.8) is 0 Å². The molecule has 3 heteroatoms. The summed E-state index contributed by atoms with van der Waals surface area (Å²) in [6.45, 7) is 0. The third kappa shape index (κ3) is 2.14. The molecule has 0 aliphatic rings. The topological polar surface area (TPSA) is 40.5 Å². The molecule has 0 unspecified atom stereocenters. The van der Waals surface area contributed by atoms with Gasteiger partial charge in [-0.1, -0.05) is 0 Å². The zero-order valence-corrected chi connectivity index (χ0v) is 3.72. The van der Waals surface area contributed by atoms with E-state index in [-0.39, 0.29) is 6.23 Å². The highest BCUT2D eigenvalue weighted by molar-refractivity contribution is 6.24. The van der Waals surface area contributed by atoms with Crippen molar-refractivity contribution in [2.24, 2.45) is 0 Å². The smallest absolute Gasteiger partial charge is 0.181 e. The summed E-state index contributed by atoms with van der Waals surface area (Å²) in [5, 5.41) is 7.69. The molecule has 0 fully saturated rings. The maximum absolute atomic E-state index is 7.76. The van der Waals surface area contributed by atoms with Gasteiger partial charge in [-0.25, -0.2) is 0 Å². The second kappa shape index (κ2) is 3.14. The summed E-state index contributed by atoms with van der Waals surface area (Å²) in [4.78, 5) is 7.76. The summed E-state index contributed by atoms with van der Waals surface area (Å²) in [6, 6.07) is 0. The van der Waals surface area contributed by atoms with Gasteiger partial charge < -0.3 is 9.90 Å². The van der Waals surface area contributed by atoms with Crippen LogP contribution in [0.15, 0.2) is 0 Å². The molecular weight excluding hydrogens is 72.1 g/mol. The van der Waals surface area contributed by atoms with E-state index in [0.29, 0.717) is 0 Å². The fraction of sp³-hybridized carbons (Fsp3) is 1.00. The predicted molar refractivity (Wildman–Crippen MR) is 17.8 cm³/mol. The van der Waals surface area contributed by atoms with Gasteiger partial charge in [0.15, 0.2) is 9.76 Å². The first-order chi connectivity index (χ1) is 1.91. The van der Waals surface area contributed by atoms with Crippen LogP contribution in [-0.2, 0) is 0 Å². The van der Waals surface area contributed by atoms with E-state index in [2.05, 4.69) is 0 Å². The molecule has 0 aromatic rings. The van der Waals surface area contributed by atoms with E-state index in [0.717, 1.165) is 0 Å². The Morgan fingerprint density at radius 2 is 2.00 bits per heavy atom. The van der Waals surface area contributed by atoms with E-state index in [1.165, 1.54) is 0 Å². The van der Waals surface area contributed by atoms with Crippen LogP contribution in [0, 0.1) is 0 Å². The second-order valence-electron chi connectivity index (χ2n) is 0.447. The minimum Gasteiger partial charge on any atom is -0.436 e. The Bertz CT molecular complexity index is 8.00. The number of hydrogen-bond donors (Lipinski definition) is 2. The maximum atomic E-state index is 7.76. The zero-order chi connectivity index (χ0) is 3.41. The van der Waals surface area contributed by atoms with Gasteiger partial charge in [0.25, 0.3) is 0 Å². The Kier molecular flexibility index (Phi) is 3.24. The monoisotopic (exact) mass is 78.0 g/mol. The first-order valence-electron chi connectivity index (χ1n) is 1.13. The lowest BCUT2D eigenvalue weighted by atomic mass is 11.7. The van der Waals surface area contributed by atoms with Crippen LogP contribution in [0.2, 0.25) is 0 Å². The third-order valence-corrected chi connectivity index (χ3v) is 0.300. The van der Waals surface area contributed by atoms with Crippen molar-refractivity contribution >= 4 is 9.76 Å². The molecule has 0 saturated heterocycles. The van der Waals surface area contributed by atoms with Gasteiger partial charge in [0.05, 0.1) is 6.23 Å². The summed E-state index contributed by atoms with van der Waals surface area (Å²) in [5.41, 5.74) is 0. The van der Waals surface area contributed by atoms with Gasteiger partial charge in [-0.15, -0.1) is 0 Å². The molecule has 0 saturated carbocycles. The normalized spacial score (nSPS) is 10.5. The molecular formula is CH6O2Si. The van der Waals surface area contributed by atoms with Crippen LogP contribution in [0.1, 0.15) is 0 Å². The van der Waals surface area contributed by atoms with Crippen LogP contribution in [0.4, 0.5) is 0 Å². The Hall–Kier alpha value is 0.137. The van der Waals surface area contributed by atoms with Crippen LogP contribution in [0.3, 0.4) is 0 Å². The number of rotatable bonds is 1. The fourth-order valence-corrected chi connectivity index (χ4v) is 0. The molecule has 0 rings (SSSR count). The Labute approximate surface area is 27.0 Å². The highest BCUT2D eigenvalue weighted by Crippen LogP contribution is 1.33. The van der Waals surface area contributed by atoms with E-state index < -0.39 is 9.76 Å². The van der Waals surface area contributed by atoms with Crippen LogP contribution in [0.5, 0.6) is 0 Å². The van der Waals surface area contributed by atoms with Gasteiger partial charge in [-0.3, -0.25) is 0 Å². The van der Waals surface area contributed by atoms with Gasteiger partial charge in [0, 0.05) is 0 Å². The summed E-state index contributed by atoms with van der Waals surface area (Å²) in [7, 11) is -1.02. The molecule has 0 aromatic heterocycles. The third-order valence-electron chi connectivity index (χ3n) is 0.1000. The lowest BCUT2D eigenvalue weighted by Gasteiger charge is -1.68. The highest BCUT2D eigenvalue weighted by Gasteiger charge is 1.61. The molecule has 4 heavy (non-hydrogen) atoms. The first kappa shape index (κ1) is 4.14. The molecule has 0 amide bonds. The second-order valence-corrected chi connectivity index (χ2v) is 1.34. The van der Waals surface area contributed by atoms with Crippen molar-refractivity contribution in [3.8, 4) is 0 Å². The molecule has 0 atom stereocenters. The lowest BCUT2D eigenvalue weighted by molar-refractivity contribution is 0.348. The molecule has 0 heterocycles. The minimum atomic E-state index is -1.02. The minimum absolute atomic E-state index is 0.0139. The van der Waals surface area contributed by atoms with Crippen molar-refractivity contribution in [1.82, 2.24) is 0 Å². The van der Waals surface area contributed by atoms with Crippen LogP contribution >= 0.6 is 0 Å². The Morgan fingerprint density at radius 1 is 1.75 bits per heavy atom. The zero-order valence-electron chi connectivity index (χ0n) is 2.31. The summed E-state index contributed by atoms with van der Waals surface area (Å²) in [5.74, 6) is 0. The van der Waals surface area contributed by atoms with E-state index in [4.69, 9.17) is 9.90 Å². The van der Waals surface area contributed by atoms with Gasteiger partial charge in [-0.2, -0.15) is 0 Å². The van der Waals surface area contributed by atoms with Crippen LogP contribution in [0.25, 0.3) is 0 Å². The van der Waals surface area contributed by atoms with Crippen LogP contribution in [-0.4, -0.2) is 25.9 Å². The predicted octanol–water partition coefficient (Wildman–Crippen LogP) is -1.99. The van der Waals surface area contributed by atoms with Gasteiger partial charge in [0.1, 0.15) is 0 Å². The SMILES string of the molecule is OC[SiH2]O. The van der Waals surface area contributed by atoms with Crippen molar-refractivity contribution in [1.29, 1.82) is 0 Å². The average molecular weight is 78.1 g/mol. The molecule has 2 N–H and O–H groups in total. The Morgan fingerprint density at radius 3 is 2.00 bits per heavy atom. The van der Waals surface area contributed by atoms with E-state index in [1.807, 2.05) is 0 Å². The van der Waals surface area contributed by atoms with Crippen molar-refractivity contribution < 1.29 is 9.90 Å². The number of hydrogen-bond acceptors (Lipinski definition) is 2.